The molecule has 2 rings (SSSR count). The van der Waals surface area contributed by atoms with Crippen molar-refractivity contribution in [3.63, 3.8) is 0 Å². The maximum Gasteiger partial charge on any atom is 0.271 e. The highest BCUT2D eigenvalue weighted by atomic mass is 16.2. The van der Waals surface area contributed by atoms with E-state index in [4.69, 9.17) is 5.26 Å². The monoisotopic (exact) mass is 320 g/mol. The molecule has 2 aromatic carbocycles. The van der Waals surface area contributed by atoms with E-state index >= 15 is 0 Å². The highest BCUT2D eigenvalue weighted by molar-refractivity contribution is 5.96. The molecular weight excluding hydrogens is 300 g/mol. The van der Waals surface area contributed by atoms with Crippen LogP contribution in [-0.4, -0.2) is 25.7 Å². The van der Waals surface area contributed by atoms with Gasteiger partial charge in [0, 0.05) is 24.8 Å². The zero-order chi connectivity index (χ0) is 17.4. The lowest BCUT2D eigenvalue weighted by atomic mass is 10.1. The van der Waals surface area contributed by atoms with Crippen LogP contribution in [0.1, 0.15) is 27.9 Å². The molecule has 0 aliphatic carbocycles. The molecule has 5 heteroatoms. The number of carbonyl (C=O) groups is 1. The first-order chi connectivity index (χ1) is 11.6. The molecule has 0 aliphatic rings. The quantitative estimate of drug-likeness (QED) is 0.657. The molecule has 0 saturated carbocycles. The van der Waals surface area contributed by atoms with Gasteiger partial charge in [-0.3, -0.25) is 4.79 Å². The summed E-state index contributed by atoms with van der Waals surface area (Å²) in [6.07, 6.45) is 2.10. The summed E-state index contributed by atoms with van der Waals surface area (Å²) in [5, 5.41) is 12.6. The lowest BCUT2D eigenvalue weighted by molar-refractivity contribution is 0.0954. The molecule has 0 aromatic heterocycles. The zero-order valence-corrected chi connectivity index (χ0v) is 13.9. The van der Waals surface area contributed by atoms with Crippen molar-refractivity contribution in [2.45, 2.75) is 13.3 Å². The molecule has 1 amide bonds. The van der Waals surface area contributed by atoms with E-state index in [1.165, 1.54) is 0 Å². The fraction of sp³-hybridized carbons (Fsp3) is 0.211. The first-order valence-corrected chi connectivity index (χ1v) is 7.69. The number of nitriles is 1. The molecule has 2 aromatic rings. The van der Waals surface area contributed by atoms with E-state index in [1.54, 1.807) is 12.3 Å². The lowest BCUT2D eigenvalue weighted by Crippen LogP contribution is -2.18. The molecule has 0 radical (unpaired) electrons. The third-order valence-electron chi connectivity index (χ3n) is 3.66. The van der Waals surface area contributed by atoms with Crippen LogP contribution in [0.25, 0.3) is 0 Å². The molecule has 0 atom stereocenters. The summed E-state index contributed by atoms with van der Waals surface area (Å²) in [6.45, 7) is 2.58. The van der Waals surface area contributed by atoms with Crippen LogP contribution in [-0.2, 0) is 0 Å². The molecule has 1 N–H and O–H groups in total. The number of amides is 1. The van der Waals surface area contributed by atoms with Gasteiger partial charge in [0.2, 0.25) is 0 Å². The van der Waals surface area contributed by atoms with E-state index in [1.807, 2.05) is 61.3 Å². The number of rotatable bonds is 6. The van der Waals surface area contributed by atoms with Crippen molar-refractivity contribution in [3.8, 4) is 6.07 Å². The van der Waals surface area contributed by atoms with Crippen molar-refractivity contribution in [2.24, 2.45) is 5.10 Å². The lowest BCUT2D eigenvalue weighted by Gasteiger charge is -2.17. The van der Waals surface area contributed by atoms with E-state index in [9.17, 15) is 4.79 Å². The number of hydrazone groups is 1. The van der Waals surface area contributed by atoms with Gasteiger partial charge in [0.05, 0.1) is 18.7 Å². The van der Waals surface area contributed by atoms with Crippen molar-refractivity contribution in [2.75, 3.05) is 18.5 Å². The Bertz CT molecular complexity index is 760. The largest absolute Gasteiger partial charge is 0.374 e. The van der Waals surface area contributed by atoms with Crippen molar-refractivity contribution in [1.29, 1.82) is 5.26 Å². The second kappa shape index (κ2) is 8.49. The number of aryl methyl sites for hydroxylation is 1. The molecule has 0 aliphatic heterocycles. The topological polar surface area (TPSA) is 68.5 Å². The number of carbonyl (C=O) groups excluding carboxylic acids is 1. The second-order valence-electron chi connectivity index (χ2n) is 5.44. The Hall–Kier alpha value is -3.13. The normalized spacial score (nSPS) is 10.4. The number of anilines is 1. The minimum Gasteiger partial charge on any atom is -0.374 e. The highest BCUT2D eigenvalue weighted by Crippen LogP contribution is 2.13. The van der Waals surface area contributed by atoms with Crippen LogP contribution in [0.15, 0.2) is 53.6 Å². The van der Waals surface area contributed by atoms with Crippen LogP contribution in [0.4, 0.5) is 5.69 Å². The molecule has 0 saturated heterocycles. The van der Waals surface area contributed by atoms with Gasteiger partial charge in [-0.2, -0.15) is 10.4 Å². The van der Waals surface area contributed by atoms with Gasteiger partial charge < -0.3 is 4.90 Å². The Morgan fingerprint density at radius 1 is 1.25 bits per heavy atom. The Morgan fingerprint density at radius 2 is 1.96 bits per heavy atom. The Balaban J connectivity index is 1.94. The molecule has 0 heterocycles. The molecule has 0 spiro atoms. The fourth-order valence-corrected chi connectivity index (χ4v) is 2.22. The average Bonchev–Trinajstić information content (AvgIpc) is 2.60. The minimum atomic E-state index is -0.225. The van der Waals surface area contributed by atoms with Crippen molar-refractivity contribution >= 4 is 17.8 Å². The Morgan fingerprint density at radius 3 is 2.62 bits per heavy atom. The zero-order valence-electron chi connectivity index (χ0n) is 13.9. The van der Waals surface area contributed by atoms with Crippen LogP contribution in [0.2, 0.25) is 0 Å². The predicted molar refractivity (Wildman–Crippen MR) is 96.2 cm³/mol. The van der Waals surface area contributed by atoms with Gasteiger partial charge in [-0.05, 0) is 36.2 Å². The van der Waals surface area contributed by atoms with Gasteiger partial charge in [-0.25, -0.2) is 5.43 Å². The summed E-state index contributed by atoms with van der Waals surface area (Å²) < 4.78 is 0. The van der Waals surface area contributed by atoms with Crippen LogP contribution in [0.5, 0.6) is 0 Å². The standard InChI is InChI=1S/C19H20N4O/c1-15-6-3-4-7-18(15)19(24)22-21-14-16-8-10-17(11-9-16)23(2)13-5-12-20/h3-4,6-11,14H,5,13H2,1-2H3,(H,22,24)/b21-14-. The van der Waals surface area contributed by atoms with Crippen molar-refractivity contribution < 1.29 is 4.79 Å². The maximum atomic E-state index is 12.0. The molecule has 0 fully saturated rings. The summed E-state index contributed by atoms with van der Waals surface area (Å²) in [6, 6.07) is 17.3. The summed E-state index contributed by atoms with van der Waals surface area (Å²) in [4.78, 5) is 14.1. The first-order valence-electron chi connectivity index (χ1n) is 7.69. The Kier molecular flexibility index (Phi) is 6.09. The van der Waals surface area contributed by atoms with E-state index in [0.29, 0.717) is 18.5 Å². The molecule has 122 valence electrons. The number of nitrogens with zero attached hydrogens (tertiary/aromatic N) is 3. The van der Waals surface area contributed by atoms with E-state index in [-0.39, 0.29) is 5.91 Å². The molecular formula is C19H20N4O. The van der Waals surface area contributed by atoms with E-state index in [0.717, 1.165) is 16.8 Å². The average molecular weight is 320 g/mol. The summed E-state index contributed by atoms with van der Waals surface area (Å²) in [5.74, 6) is -0.225. The number of hydrogen-bond acceptors (Lipinski definition) is 4. The van der Waals surface area contributed by atoms with E-state index < -0.39 is 0 Å². The van der Waals surface area contributed by atoms with Crippen LogP contribution in [0.3, 0.4) is 0 Å². The smallest absolute Gasteiger partial charge is 0.271 e. The van der Waals surface area contributed by atoms with Gasteiger partial charge in [0.15, 0.2) is 0 Å². The molecule has 24 heavy (non-hydrogen) atoms. The highest BCUT2D eigenvalue weighted by Gasteiger charge is 2.06. The summed E-state index contributed by atoms with van der Waals surface area (Å²) in [7, 11) is 1.95. The van der Waals surface area contributed by atoms with Gasteiger partial charge >= 0.3 is 0 Å². The fourth-order valence-electron chi connectivity index (χ4n) is 2.22. The predicted octanol–water partition coefficient (Wildman–Crippen LogP) is 3.11. The van der Waals surface area contributed by atoms with Crippen molar-refractivity contribution in [3.05, 3.63) is 65.2 Å². The van der Waals surface area contributed by atoms with Crippen molar-refractivity contribution in [1.82, 2.24) is 5.43 Å². The summed E-state index contributed by atoms with van der Waals surface area (Å²) >= 11 is 0. The van der Waals surface area contributed by atoms with Crippen LogP contribution in [0, 0.1) is 18.3 Å². The molecule has 5 nitrogen and oxygen atoms in total. The van der Waals surface area contributed by atoms with Gasteiger partial charge in [0.1, 0.15) is 0 Å². The third kappa shape index (κ3) is 4.68. The maximum absolute atomic E-state index is 12.0. The van der Waals surface area contributed by atoms with Gasteiger partial charge in [-0.1, -0.05) is 30.3 Å². The third-order valence-corrected chi connectivity index (χ3v) is 3.66. The SMILES string of the molecule is Cc1ccccc1C(=O)N/N=C\c1ccc(N(C)CCC#N)cc1. The van der Waals surface area contributed by atoms with Crippen LogP contribution >= 0.6 is 0 Å². The number of hydrogen-bond donors (Lipinski definition) is 1. The second-order valence-corrected chi connectivity index (χ2v) is 5.44. The number of benzene rings is 2. The van der Waals surface area contributed by atoms with E-state index in [2.05, 4.69) is 16.6 Å². The minimum absolute atomic E-state index is 0.225. The van der Waals surface area contributed by atoms with Crippen LogP contribution < -0.4 is 10.3 Å². The molecule has 0 unspecified atom stereocenters. The van der Waals surface area contributed by atoms with Gasteiger partial charge in [0.25, 0.3) is 5.91 Å². The Labute approximate surface area is 142 Å². The first kappa shape index (κ1) is 17.2. The summed E-state index contributed by atoms with van der Waals surface area (Å²) in [5.41, 5.74) is 5.98. The molecule has 0 bridgehead atoms. The number of nitrogens with one attached hydrogen (secondary N) is 1. The van der Waals surface area contributed by atoms with Gasteiger partial charge in [-0.15, -0.1) is 0 Å².